The van der Waals surface area contributed by atoms with E-state index in [4.69, 9.17) is 5.73 Å². The molecule has 1 fully saturated rings. The highest BCUT2D eigenvalue weighted by atomic mass is 79.9. The molecule has 2 aliphatic heterocycles. The fourth-order valence-corrected chi connectivity index (χ4v) is 4.67. The van der Waals surface area contributed by atoms with E-state index in [1.807, 2.05) is 36.4 Å². The number of nitrogens with zero attached hydrogens (tertiary/aromatic N) is 2. The highest BCUT2D eigenvalue weighted by Gasteiger charge is 2.48. The average Bonchev–Trinajstić information content (AvgIpc) is 3.02. The molecule has 3 amide bonds. The number of hydrogen-bond donors (Lipinski definition) is 2. The first kappa shape index (κ1) is 20.6. The van der Waals surface area contributed by atoms with Crippen LogP contribution in [0.15, 0.2) is 53.0 Å². The zero-order chi connectivity index (χ0) is 21.4. The van der Waals surface area contributed by atoms with Crippen molar-refractivity contribution in [2.45, 2.75) is 38.1 Å². The zero-order valence-corrected chi connectivity index (χ0v) is 18.1. The van der Waals surface area contributed by atoms with Gasteiger partial charge in [0, 0.05) is 28.7 Å². The lowest BCUT2D eigenvalue weighted by atomic mass is 10.0. The third-order valence-electron chi connectivity index (χ3n) is 5.70. The summed E-state index contributed by atoms with van der Waals surface area (Å²) in [4.78, 5) is 41.4. The first-order valence-electron chi connectivity index (χ1n) is 9.86. The van der Waals surface area contributed by atoms with E-state index in [-0.39, 0.29) is 18.0 Å². The van der Waals surface area contributed by atoms with Gasteiger partial charge < -0.3 is 16.0 Å². The van der Waals surface area contributed by atoms with Gasteiger partial charge in [-0.05, 0) is 37.1 Å². The standard InChI is InChI=1S/C22H23BrN4O3/c1-13(19(24)28)25-20(29)18-9-10-26(12-14-5-4-6-15(23)11-14)21-16-7-2-3-8-17(16)22(30)27(18)21/h2-8,11,13,18,21H,9-10,12H2,1H3,(H2,24,28)(H,25,29)/t13-,18?,21?/m0/s1. The molecule has 0 aromatic heterocycles. The van der Waals surface area contributed by atoms with E-state index in [1.165, 1.54) is 0 Å². The molecule has 2 heterocycles. The Kier molecular flexibility index (Phi) is 5.62. The third kappa shape index (κ3) is 3.73. The molecule has 156 valence electrons. The van der Waals surface area contributed by atoms with Gasteiger partial charge in [0.2, 0.25) is 11.8 Å². The molecule has 1 saturated heterocycles. The smallest absolute Gasteiger partial charge is 0.256 e. The van der Waals surface area contributed by atoms with Crippen LogP contribution in [-0.2, 0) is 16.1 Å². The maximum absolute atomic E-state index is 13.2. The fraction of sp³-hybridized carbons (Fsp3) is 0.318. The second-order valence-electron chi connectivity index (χ2n) is 7.71. The number of carbonyl (C=O) groups excluding carboxylic acids is 3. The molecule has 2 aromatic rings. The average molecular weight is 471 g/mol. The van der Waals surface area contributed by atoms with Gasteiger partial charge in [-0.3, -0.25) is 19.3 Å². The van der Waals surface area contributed by atoms with E-state index in [0.29, 0.717) is 25.1 Å². The minimum atomic E-state index is -0.796. The van der Waals surface area contributed by atoms with E-state index in [1.54, 1.807) is 17.9 Å². The van der Waals surface area contributed by atoms with Gasteiger partial charge in [0.1, 0.15) is 18.2 Å². The van der Waals surface area contributed by atoms with Crippen LogP contribution < -0.4 is 11.1 Å². The van der Waals surface area contributed by atoms with Gasteiger partial charge in [-0.25, -0.2) is 0 Å². The molecular weight excluding hydrogens is 448 g/mol. The molecule has 30 heavy (non-hydrogen) atoms. The van der Waals surface area contributed by atoms with Crippen LogP contribution in [0.25, 0.3) is 0 Å². The molecule has 7 nitrogen and oxygen atoms in total. The maximum Gasteiger partial charge on any atom is 0.256 e. The second-order valence-corrected chi connectivity index (χ2v) is 8.63. The van der Waals surface area contributed by atoms with Crippen molar-refractivity contribution in [3.63, 3.8) is 0 Å². The van der Waals surface area contributed by atoms with E-state index >= 15 is 0 Å². The molecule has 4 rings (SSSR count). The summed E-state index contributed by atoms with van der Waals surface area (Å²) in [6.45, 7) is 2.83. The lowest BCUT2D eigenvalue weighted by Gasteiger charge is -2.44. The number of primary amides is 1. The number of nitrogens with two attached hydrogens (primary N) is 1. The first-order valence-corrected chi connectivity index (χ1v) is 10.7. The van der Waals surface area contributed by atoms with Crippen LogP contribution in [0.5, 0.6) is 0 Å². The molecular formula is C22H23BrN4O3. The number of benzene rings is 2. The van der Waals surface area contributed by atoms with E-state index in [0.717, 1.165) is 15.6 Å². The molecule has 0 spiro atoms. The van der Waals surface area contributed by atoms with Crippen LogP contribution in [0.2, 0.25) is 0 Å². The van der Waals surface area contributed by atoms with Crippen molar-refractivity contribution in [2.24, 2.45) is 5.73 Å². The van der Waals surface area contributed by atoms with Crippen molar-refractivity contribution in [1.82, 2.24) is 15.1 Å². The number of carbonyl (C=O) groups is 3. The van der Waals surface area contributed by atoms with Crippen LogP contribution in [-0.4, -0.2) is 46.1 Å². The monoisotopic (exact) mass is 470 g/mol. The number of amides is 3. The predicted molar refractivity (Wildman–Crippen MR) is 115 cm³/mol. The normalized spacial score (nSPS) is 21.7. The summed E-state index contributed by atoms with van der Waals surface area (Å²) in [7, 11) is 0. The van der Waals surface area contributed by atoms with Gasteiger partial charge >= 0.3 is 0 Å². The van der Waals surface area contributed by atoms with Gasteiger partial charge in [-0.15, -0.1) is 0 Å². The molecule has 3 N–H and O–H groups in total. The second kappa shape index (κ2) is 8.20. The number of hydrogen-bond acceptors (Lipinski definition) is 4. The first-order chi connectivity index (χ1) is 14.4. The highest BCUT2D eigenvalue weighted by molar-refractivity contribution is 9.10. The Hall–Kier alpha value is -2.71. The number of halogens is 1. The Bertz CT molecular complexity index is 1010. The number of rotatable bonds is 5. The molecule has 0 aliphatic carbocycles. The minimum Gasteiger partial charge on any atom is -0.368 e. The lowest BCUT2D eigenvalue weighted by molar-refractivity contribution is -0.134. The van der Waals surface area contributed by atoms with Crippen LogP contribution in [0, 0.1) is 0 Å². The van der Waals surface area contributed by atoms with E-state index in [9.17, 15) is 14.4 Å². The molecule has 0 bridgehead atoms. The molecule has 2 aliphatic rings. The van der Waals surface area contributed by atoms with Gasteiger partial charge in [-0.2, -0.15) is 0 Å². The largest absolute Gasteiger partial charge is 0.368 e. The summed E-state index contributed by atoms with van der Waals surface area (Å²) in [5.74, 6) is -1.13. The van der Waals surface area contributed by atoms with Gasteiger partial charge in [-0.1, -0.05) is 46.3 Å². The molecule has 8 heteroatoms. The van der Waals surface area contributed by atoms with Crippen molar-refractivity contribution in [2.75, 3.05) is 6.54 Å². The van der Waals surface area contributed by atoms with Gasteiger partial charge in [0.15, 0.2) is 0 Å². The SMILES string of the molecule is C[C@H](NC(=O)C1CCN(Cc2cccc(Br)c2)C2c3ccccc3C(=O)N12)C(N)=O. The van der Waals surface area contributed by atoms with Crippen molar-refractivity contribution in [1.29, 1.82) is 0 Å². The zero-order valence-electron chi connectivity index (χ0n) is 16.5. The topological polar surface area (TPSA) is 95.7 Å². The quantitative estimate of drug-likeness (QED) is 0.699. The summed E-state index contributed by atoms with van der Waals surface area (Å²) in [5.41, 5.74) is 7.92. The van der Waals surface area contributed by atoms with Crippen LogP contribution in [0.3, 0.4) is 0 Å². The molecule has 0 radical (unpaired) electrons. The fourth-order valence-electron chi connectivity index (χ4n) is 4.22. The Balaban J connectivity index is 1.66. The Morgan fingerprint density at radius 1 is 1.23 bits per heavy atom. The molecule has 2 unspecified atom stereocenters. The maximum atomic E-state index is 13.2. The Morgan fingerprint density at radius 2 is 2.00 bits per heavy atom. The highest BCUT2D eigenvalue weighted by Crippen LogP contribution is 2.42. The van der Waals surface area contributed by atoms with Crippen LogP contribution in [0.1, 0.15) is 41.0 Å². The Morgan fingerprint density at radius 3 is 2.73 bits per heavy atom. The summed E-state index contributed by atoms with van der Waals surface area (Å²) >= 11 is 3.51. The summed E-state index contributed by atoms with van der Waals surface area (Å²) in [6, 6.07) is 14.1. The van der Waals surface area contributed by atoms with Crippen molar-refractivity contribution < 1.29 is 14.4 Å². The number of fused-ring (bicyclic) bond motifs is 3. The number of nitrogens with one attached hydrogen (secondary N) is 1. The van der Waals surface area contributed by atoms with Crippen LogP contribution in [0.4, 0.5) is 0 Å². The Labute approximate surface area is 183 Å². The van der Waals surface area contributed by atoms with Crippen molar-refractivity contribution in [3.8, 4) is 0 Å². The van der Waals surface area contributed by atoms with E-state index in [2.05, 4.69) is 32.2 Å². The van der Waals surface area contributed by atoms with Crippen LogP contribution >= 0.6 is 15.9 Å². The minimum absolute atomic E-state index is 0.165. The van der Waals surface area contributed by atoms with Crippen molar-refractivity contribution in [3.05, 3.63) is 69.7 Å². The summed E-state index contributed by atoms with van der Waals surface area (Å²) < 4.78 is 0.995. The van der Waals surface area contributed by atoms with E-state index < -0.39 is 18.0 Å². The third-order valence-corrected chi connectivity index (χ3v) is 6.19. The lowest BCUT2D eigenvalue weighted by Crippen LogP contribution is -2.58. The van der Waals surface area contributed by atoms with Crippen molar-refractivity contribution >= 4 is 33.7 Å². The summed E-state index contributed by atoms with van der Waals surface area (Å²) in [5, 5.41) is 2.65. The van der Waals surface area contributed by atoms with Gasteiger partial charge in [0.05, 0.1) is 0 Å². The molecule has 2 aromatic carbocycles. The summed E-state index contributed by atoms with van der Waals surface area (Å²) in [6.07, 6.45) is 0.141. The predicted octanol–water partition coefficient (Wildman–Crippen LogP) is 2.17. The molecule has 3 atom stereocenters. The molecule has 0 saturated carbocycles. The van der Waals surface area contributed by atoms with Gasteiger partial charge in [0.25, 0.3) is 5.91 Å².